The standard InChI is InChI=1S/C12H16N4O3/c17-11(18)7-16(10-3-1-2-4-10)12(19)15-9-5-13-8-14-6-9/h5-6,8,10H,1-4,7H2,(H,15,19)(H,17,18). The second-order valence-electron chi connectivity index (χ2n) is 4.52. The molecule has 19 heavy (non-hydrogen) atoms. The first kappa shape index (κ1) is 13.3. The number of amides is 2. The normalized spacial score (nSPS) is 15.2. The van der Waals surface area contributed by atoms with E-state index in [0.717, 1.165) is 25.7 Å². The number of anilines is 1. The highest BCUT2D eigenvalue weighted by Gasteiger charge is 2.28. The summed E-state index contributed by atoms with van der Waals surface area (Å²) in [5, 5.41) is 11.5. The van der Waals surface area contributed by atoms with Gasteiger partial charge in [-0.1, -0.05) is 12.8 Å². The predicted octanol–water partition coefficient (Wildman–Crippen LogP) is 1.34. The summed E-state index contributed by atoms with van der Waals surface area (Å²) in [6.07, 6.45) is 8.07. The van der Waals surface area contributed by atoms with E-state index >= 15 is 0 Å². The van der Waals surface area contributed by atoms with Gasteiger partial charge in [-0.15, -0.1) is 0 Å². The fourth-order valence-electron chi connectivity index (χ4n) is 2.29. The molecule has 1 heterocycles. The summed E-state index contributed by atoms with van der Waals surface area (Å²) in [4.78, 5) is 32.0. The Labute approximate surface area is 110 Å². The molecule has 7 nitrogen and oxygen atoms in total. The zero-order valence-corrected chi connectivity index (χ0v) is 10.5. The van der Waals surface area contributed by atoms with E-state index < -0.39 is 12.0 Å². The van der Waals surface area contributed by atoms with Crippen molar-refractivity contribution in [2.45, 2.75) is 31.7 Å². The van der Waals surface area contributed by atoms with Crippen LogP contribution in [0.25, 0.3) is 0 Å². The van der Waals surface area contributed by atoms with Crippen molar-refractivity contribution in [1.29, 1.82) is 0 Å². The molecular formula is C12H16N4O3. The van der Waals surface area contributed by atoms with Gasteiger partial charge in [0.05, 0.1) is 18.1 Å². The number of carboxylic acid groups (broad SMARTS) is 1. The van der Waals surface area contributed by atoms with Crippen LogP contribution < -0.4 is 5.32 Å². The molecule has 2 N–H and O–H groups in total. The molecule has 0 radical (unpaired) electrons. The number of nitrogens with zero attached hydrogens (tertiary/aromatic N) is 3. The highest BCUT2D eigenvalue weighted by atomic mass is 16.4. The number of aromatic nitrogens is 2. The third-order valence-corrected chi connectivity index (χ3v) is 3.14. The molecule has 1 aromatic rings. The van der Waals surface area contributed by atoms with Crippen LogP contribution in [0.15, 0.2) is 18.7 Å². The van der Waals surface area contributed by atoms with Gasteiger partial charge in [-0.2, -0.15) is 0 Å². The lowest BCUT2D eigenvalue weighted by atomic mass is 10.2. The van der Waals surface area contributed by atoms with Crippen molar-refractivity contribution in [3.05, 3.63) is 18.7 Å². The Morgan fingerprint density at radius 2 is 1.95 bits per heavy atom. The van der Waals surface area contributed by atoms with Gasteiger partial charge in [-0.3, -0.25) is 4.79 Å². The minimum atomic E-state index is -1.01. The lowest BCUT2D eigenvalue weighted by Gasteiger charge is -2.27. The van der Waals surface area contributed by atoms with Gasteiger partial charge >= 0.3 is 12.0 Å². The molecule has 1 saturated carbocycles. The fraction of sp³-hybridized carbons (Fsp3) is 0.500. The van der Waals surface area contributed by atoms with E-state index in [-0.39, 0.29) is 12.6 Å². The molecule has 0 saturated heterocycles. The first-order chi connectivity index (χ1) is 9.16. The van der Waals surface area contributed by atoms with E-state index in [1.165, 1.54) is 23.6 Å². The lowest BCUT2D eigenvalue weighted by Crippen LogP contribution is -2.44. The quantitative estimate of drug-likeness (QED) is 0.855. The van der Waals surface area contributed by atoms with Gasteiger partial charge in [0.2, 0.25) is 0 Å². The number of hydrogen-bond acceptors (Lipinski definition) is 4. The van der Waals surface area contributed by atoms with Crippen LogP contribution in [0.4, 0.5) is 10.5 Å². The van der Waals surface area contributed by atoms with Crippen molar-refractivity contribution in [3.63, 3.8) is 0 Å². The van der Waals surface area contributed by atoms with Gasteiger partial charge in [0.15, 0.2) is 0 Å². The number of carbonyl (C=O) groups is 2. The van der Waals surface area contributed by atoms with E-state index in [4.69, 9.17) is 5.11 Å². The second-order valence-corrected chi connectivity index (χ2v) is 4.52. The number of carbonyl (C=O) groups excluding carboxylic acids is 1. The Morgan fingerprint density at radius 1 is 1.32 bits per heavy atom. The molecule has 0 aromatic carbocycles. The number of nitrogens with one attached hydrogen (secondary N) is 1. The zero-order valence-electron chi connectivity index (χ0n) is 10.5. The predicted molar refractivity (Wildman–Crippen MR) is 67.6 cm³/mol. The topological polar surface area (TPSA) is 95.4 Å². The number of hydrogen-bond donors (Lipinski definition) is 2. The molecule has 102 valence electrons. The Morgan fingerprint density at radius 3 is 2.53 bits per heavy atom. The number of urea groups is 1. The van der Waals surface area contributed by atoms with Crippen LogP contribution in [-0.2, 0) is 4.79 Å². The van der Waals surface area contributed by atoms with Crippen molar-refractivity contribution in [2.75, 3.05) is 11.9 Å². The molecule has 1 aliphatic rings. The Bertz CT molecular complexity index is 446. The van der Waals surface area contributed by atoms with Crippen molar-refractivity contribution >= 4 is 17.7 Å². The average molecular weight is 264 g/mol. The van der Waals surface area contributed by atoms with E-state index in [2.05, 4.69) is 15.3 Å². The zero-order chi connectivity index (χ0) is 13.7. The fourth-order valence-corrected chi connectivity index (χ4v) is 2.29. The van der Waals surface area contributed by atoms with E-state index in [0.29, 0.717) is 5.69 Å². The van der Waals surface area contributed by atoms with Crippen LogP contribution in [0, 0.1) is 0 Å². The van der Waals surface area contributed by atoms with Crippen LogP contribution in [0.3, 0.4) is 0 Å². The lowest BCUT2D eigenvalue weighted by molar-refractivity contribution is -0.138. The van der Waals surface area contributed by atoms with Gasteiger partial charge in [0.25, 0.3) is 0 Å². The number of carboxylic acids is 1. The van der Waals surface area contributed by atoms with Crippen molar-refractivity contribution in [2.24, 2.45) is 0 Å². The van der Waals surface area contributed by atoms with Crippen LogP contribution >= 0.6 is 0 Å². The molecule has 1 aliphatic carbocycles. The Hall–Kier alpha value is -2.18. The SMILES string of the molecule is O=C(O)CN(C(=O)Nc1cncnc1)C1CCCC1. The molecule has 1 fully saturated rings. The van der Waals surface area contributed by atoms with E-state index in [9.17, 15) is 9.59 Å². The highest BCUT2D eigenvalue weighted by Crippen LogP contribution is 2.24. The molecule has 1 aromatic heterocycles. The number of rotatable bonds is 4. The van der Waals surface area contributed by atoms with Crippen LogP contribution in [0.2, 0.25) is 0 Å². The second kappa shape index (κ2) is 6.12. The van der Waals surface area contributed by atoms with Crippen LogP contribution in [-0.4, -0.2) is 44.6 Å². The summed E-state index contributed by atoms with van der Waals surface area (Å²) in [6, 6.07) is -0.412. The monoisotopic (exact) mass is 264 g/mol. The molecule has 2 rings (SSSR count). The molecule has 2 amide bonds. The van der Waals surface area contributed by atoms with Crippen molar-refractivity contribution < 1.29 is 14.7 Å². The molecule has 0 bridgehead atoms. The van der Waals surface area contributed by atoms with E-state index in [1.54, 1.807) is 0 Å². The summed E-state index contributed by atoms with van der Waals surface area (Å²) >= 11 is 0. The van der Waals surface area contributed by atoms with Crippen molar-refractivity contribution in [1.82, 2.24) is 14.9 Å². The average Bonchev–Trinajstić information content (AvgIpc) is 2.90. The minimum absolute atomic E-state index is 0.000676. The molecule has 0 spiro atoms. The minimum Gasteiger partial charge on any atom is -0.480 e. The Kier molecular flexibility index (Phi) is 4.27. The first-order valence-electron chi connectivity index (χ1n) is 6.21. The first-order valence-corrected chi connectivity index (χ1v) is 6.21. The van der Waals surface area contributed by atoms with Gasteiger partial charge in [0.1, 0.15) is 12.9 Å². The summed E-state index contributed by atoms with van der Waals surface area (Å²) in [5.74, 6) is -1.01. The molecular weight excluding hydrogens is 248 g/mol. The van der Waals surface area contributed by atoms with Crippen LogP contribution in [0.1, 0.15) is 25.7 Å². The van der Waals surface area contributed by atoms with Crippen molar-refractivity contribution in [3.8, 4) is 0 Å². The largest absolute Gasteiger partial charge is 0.480 e. The van der Waals surface area contributed by atoms with Gasteiger partial charge in [0, 0.05) is 6.04 Å². The molecule has 0 unspecified atom stereocenters. The summed E-state index contributed by atoms with van der Waals surface area (Å²) < 4.78 is 0. The maximum atomic E-state index is 12.1. The van der Waals surface area contributed by atoms with Gasteiger partial charge in [-0.25, -0.2) is 14.8 Å². The molecule has 0 atom stereocenters. The maximum Gasteiger partial charge on any atom is 0.323 e. The third kappa shape index (κ3) is 3.64. The highest BCUT2D eigenvalue weighted by molar-refractivity contribution is 5.91. The smallest absolute Gasteiger partial charge is 0.323 e. The third-order valence-electron chi connectivity index (χ3n) is 3.14. The van der Waals surface area contributed by atoms with Gasteiger partial charge in [-0.05, 0) is 12.8 Å². The van der Waals surface area contributed by atoms with Crippen LogP contribution in [0.5, 0.6) is 0 Å². The Balaban J connectivity index is 2.04. The summed E-state index contributed by atoms with van der Waals surface area (Å²) in [6.45, 7) is -0.288. The molecule has 7 heteroatoms. The summed E-state index contributed by atoms with van der Waals surface area (Å²) in [7, 11) is 0. The maximum absolute atomic E-state index is 12.1. The number of aliphatic carboxylic acids is 1. The molecule has 0 aliphatic heterocycles. The van der Waals surface area contributed by atoms with E-state index in [1.807, 2.05) is 0 Å². The van der Waals surface area contributed by atoms with Gasteiger partial charge < -0.3 is 15.3 Å². The summed E-state index contributed by atoms with van der Waals surface area (Å²) in [5.41, 5.74) is 0.459.